The molecule has 3 unspecified atom stereocenters. The summed E-state index contributed by atoms with van der Waals surface area (Å²) in [6.45, 7) is 6.85. The van der Waals surface area contributed by atoms with Crippen LogP contribution in [0.5, 0.6) is 0 Å². The molecule has 0 amide bonds. The zero-order valence-corrected chi connectivity index (χ0v) is 13.9. The first-order valence-electron chi connectivity index (χ1n) is 9.68. The molecule has 2 aliphatic carbocycles. The Bertz CT molecular complexity index is 346. The standard InChI is InChI=1S/C18H33N3O/c1-2-16(18-13-22-11-8-19-18)17(3-1)20-15-6-9-21(10-7-15)12-14-4-5-14/h14-20H,1-13H2. The van der Waals surface area contributed by atoms with Gasteiger partial charge in [0.25, 0.3) is 0 Å². The molecule has 4 nitrogen and oxygen atoms in total. The lowest BCUT2D eigenvalue weighted by Gasteiger charge is -2.37. The molecule has 4 heteroatoms. The zero-order valence-electron chi connectivity index (χ0n) is 13.9. The van der Waals surface area contributed by atoms with E-state index in [4.69, 9.17) is 4.74 Å². The van der Waals surface area contributed by atoms with Crippen molar-refractivity contribution in [1.29, 1.82) is 0 Å². The maximum atomic E-state index is 5.69. The number of ether oxygens (including phenoxy) is 1. The van der Waals surface area contributed by atoms with Crippen molar-refractivity contribution in [2.45, 2.75) is 63.1 Å². The molecule has 2 saturated heterocycles. The Morgan fingerprint density at radius 2 is 1.91 bits per heavy atom. The van der Waals surface area contributed by atoms with Gasteiger partial charge in [-0.15, -0.1) is 0 Å². The van der Waals surface area contributed by atoms with Gasteiger partial charge in [-0.2, -0.15) is 0 Å². The molecule has 4 fully saturated rings. The molecule has 0 radical (unpaired) electrons. The normalized spacial score (nSPS) is 38.5. The van der Waals surface area contributed by atoms with Gasteiger partial charge in [0, 0.05) is 31.2 Å². The molecule has 2 saturated carbocycles. The monoisotopic (exact) mass is 307 g/mol. The molecule has 0 bridgehead atoms. The summed E-state index contributed by atoms with van der Waals surface area (Å²) in [7, 11) is 0. The fraction of sp³-hybridized carbons (Fsp3) is 1.00. The first-order valence-corrected chi connectivity index (χ1v) is 9.68. The molecular formula is C18H33N3O. The quantitative estimate of drug-likeness (QED) is 0.809. The molecular weight excluding hydrogens is 274 g/mol. The van der Waals surface area contributed by atoms with E-state index in [1.807, 2.05) is 0 Å². The van der Waals surface area contributed by atoms with Gasteiger partial charge in [-0.1, -0.05) is 6.42 Å². The number of hydrogen-bond acceptors (Lipinski definition) is 4. The van der Waals surface area contributed by atoms with Gasteiger partial charge in [-0.05, 0) is 63.5 Å². The first kappa shape index (κ1) is 15.4. The van der Waals surface area contributed by atoms with Crippen molar-refractivity contribution in [3.05, 3.63) is 0 Å². The number of morpholine rings is 1. The van der Waals surface area contributed by atoms with Crippen LogP contribution in [-0.4, -0.2) is 62.4 Å². The lowest BCUT2D eigenvalue weighted by Crippen LogP contribution is -2.53. The third kappa shape index (κ3) is 3.84. The zero-order chi connectivity index (χ0) is 14.8. The van der Waals surface area contributed by atoms with Crippen LogP contribution in [0.2, 0.25) is 0 Å². The van der Waals surface area contributed by atoms with Crippen molar-refractivity contribution >= 4 is 0 Å². The predicted molar refractivity (Wildman–Crippen MR) is 89.1 cm³/mol. The molecule has 22 heavy (non-hydrogen) atoms. The van der Waals surface area contributed by atoms with Crippen molar-refractivity contribution in [1.82, 2.24) is 15.5 Å². The van der Waals surface area contributed by atoms with Crippen molar-refractivity contribution in [2.24, 2.45) is 11.8 Å². The Kier molecular flexibility index (Phi) is 5.01. The van der Waals surface area contributed by atoms with Gasteiger partial charge in [-0.25, -0.2) is 0 Å². The van der Waals surface area contributed by atoms with Gasteiger partial charge < -0.3 is 20.3 Å². The highest BCUT2D eigenvalue weighted by Crippen LogP contribution is 2.32. The Labute approximate surface area is 135 Å². The second-order valence-electron chi connectivity index (χ2n) is 8.02. The summed E-state index contributed by atoms with van der Waals surface area (Å²) in [4.78, 5) is 2.71. The first-order chi connectivity index (χ1) is 10.9. The fourth-order valence-corrected chi connectivity index (χ4v) is 4.79. The molecule has 0 spiro atoms. The fourth-order valence-electron chi connectivity index (χ4n) is 4.79. The third-order valence-electron chi connectivity index (χ3n) is 6.29. The summed E-state index contributed by atoms with van der Waals surface area (Å²) in [5, 5.41) is 7.72. The van der Waals surface area contributed by atoms with Gasteiger partial charge in [0.15, 0.2) is 0 Å². The third-order valence-corrected chi connectivity index (χ3v) is 6.29. The average Bonchev–Trinajstić information content (AvgIpc) is 3.26. The number of likely N-dealkylation sites (tertiary alicyclic amines) is 1. The number of nitrogens with one attached hydrogen (secondary N) is 2. The van der Waals surface area contributed by atoms with Crippen LogP contribution in [0, 0.1) is 11.8 Å². The van der Waals surface area contributed by atoms with Gasteiger partial charge in [-0.3, -0.25) is 0 Å². The maximum Gasteiger partial charge on any atom is 0.0623 e. The molecule has 2 heterocycles. The van der Waals surface area contributed by atoms with Gasteiger partial charge >= 0.3 is 0 Å². The Morgan fingerprint density at radius 1 is 1.05 bits per heavy atom. The molecule has 4 rings (SSSR count). The summed E-state index contributed by atoms with van der Waals surface area (Å²) in [6.07, 6.45) is 9.80. The van der Waals surface area contributed by atoms with Crippen molar-refractivity contribution in [2.75, 3.05) is 39.4 Å². The van der Waals surface area contributed by atoms with E-state index in [-0.39, 0.29) is 0 Å². The highest BCUT2D eigenvalue weighted by Gasteiger charge is 2.36. The lowest BCUT2D eigenvalue weighted by atomic mass is 9.92. The topological polar surface area (TPSA) is 36.5 Å². The van der Waals surface area contributed by atoms with Crippen molar-refractivity contribution in [3.8, 4) is 0 Å². The van der Waals surface area contributed by atoms with Gasteiger partial charge in [0.1, 0.15) is 0 Å². The summed E-state index contributed by atoms with van der Waals surface area (Å²) in [6, 6.07) is 2.06. The van der Waals surface area contributed by atoms with Crippen LogP contribution < -0.4 is 10.6 Å². The van der Waals surface area contributed by atoms with Crippen molar-refractivity contribution < 1.29 is 4.74 Å². The number of piperidine rings is 1. The van der Waals surface area contributed by atoms with E-state index in [1.165, 1.54) is 64.6 Å². The van der Waals surface area contributed by atoms with E-state index in [1.54, 1.807) is 0 Å². The summed E-state index contributed by atoms with van der Waals surface area (Å²) in [5.41, 5.74) is 0. The van der Waals surface area contributed by atoms with E-state index in [0.29, 0.717) is 6.04 Å². The smallest absolute Gasteiger partial charge is 0.0623 e. The van der Waals surface area contributed by atoms with Gasteiger partial charge in [0.05, 0.1) is 13.2 Å². The molecule has 2 aliphatic heterocycles. The van der Waals surface area contributed by atoms with Crippen LogP contribution in [0.4, 0.5) is 0 Å². The van der Waals surface area contributed by atoms with Crippen LogP contribution in [0.1, 0.15) is 44.9 Å². The highest BCUT2D eigenvalue weighted by molar-refractivity contribution is 4.94. The molecule has 2 N–H and O–H groups in total. The SMILES string of the molecule is C1CC(NC2CCN(CC3CC3)CC2)C(C2COCCN2)C1. The van der Waals surface area contributed by atoms with Crippen molar-refractivity contribution in [3.63, 3.8) is 0 Å². The van der Waals surface area contributed by atoms with Gasteiger partial charge in [0.2, 0.25) is 0 Å². The lowest BCUT2D eigenvalue weighted by molar-refractivity contribution is 0.0506. The van der Waals surface area contributed by atoms with Crippen LogP contribution in [-0.2, 0) is 4.74 Å². The second kappa shape index (κ2) is 7.16. The number of hydrogen-bond donors (Lipinski definition) is 2. The van der Waals surface area contributed by atoms with Crippen LogP contribution in [0.3, 0.4) is 0 Å². The molecule has 126 valence electrons. The molecule has 0 aromatic carbocycles. The second-order valence-corrected chi connectivity index (χ2v) is 8.02. The summed E-state index contributed by atoms with van der Waals surface area (Å²) < 4.78 is 5.69. The van der Waals surface area contributed by atoms with E-state index in [2.05, 4.69) is 15.5 Å². The summed E-state index contributed by atoms with van der Waals surface area (Å²) in [5.74, 6) is 1.82. The highest BCUT2D eigenvalue weighted by atomic mass is 16.5. The van der Waals surface area contributed by atoms with Crippen LogP contribution in [0.25, 0.3) is 0 Å². The minimum Gasteiger partial charge on any atom is -0.379 e. The van der Waals surface area contributed by atoms with E-state index < -0.39 is 0 Å². The molecule has 4 aliphatic rings. The Hall–Kier alpha value is -0.160. The number of rotatable bonds is 5. The number of nitrogens with zero attached hydrogens (tertiary/aromatic N) is 1. The largest absolute Gasteiger partial charge is 0.379 e. The Morgan fingerprint density at radius 3 is 2.64 bits per heavy atom. The molecule has 0 aromatic heterocycles. The van der Waals surface area contributed by atoms with E-state index in [9.17, 15) is 0 Å². The van der Waals surface area contributed by atoms with Crippen LogP contribution >= 0.6 is 0 Å². The Balaban J connectivity index is 1.23. The minimum atomic E-state index is 0.587. The maximum absolute atomic E-state index is 5.69. The van der Waals surface area contributed by atoms with E-state index in [0.717, 1.165) is 43.7 Å². The average molecular weight is 307 g/mol. The predicted octanol–water partition coefficient (Wildman–Crippen LogP) is 1.61. The van der Waals surface area contributed by atoms with Crippen LogP contribution in [0.15, 0.2) is 0 Å². The van der Waals surface area contributed by atoms with E-state index >= 15 is 0 Å². The summed E-state index contributed by atoms with van der Waals surface area (Å²) >= 11 is 0. The molecule has 3 atom stereocenters. The molecule has 0 aromatic rings. The minimum absolute atomic E-state index is 0.587.